The van der Waals surface area contributed by atoms with Crippen LogP contribution in [0.4, 0.5) is 0 Å². The minimum atomic E-state index is -0.795. The molecule has 1 aliphatic rings. The van der Waals surface area contributed by atoms with E-state index < -0.39 is 5.97 Å². The Labute approximate surface area is 118 Å². The average molecular weight is 276 g/mol. The first kappa shape index (κ1) is 14.5. The molecule has 1 aliphatic heterocycles. The van der Waals surface area contributed by atoms with Crippen molar-refractivity contribution in [2.45, 2.75) is 12.8 Å². The van der Waals surface area contributed by atoms with Crippen LogP contribution in [0.1, 0.15) is 22.3 Å². The second-order valence-corrected chi connectivity index (χ2v) is 5.18. The van der Waals surface area contributed by atoms with E-state index in [1.165, 1.54) is 0 Å². The van der Waals surface area contributed by atoms with Gasteiger partial charge in [-0.2, -0.15) is 0 Å². The lowest BCUT2D eigenvalue weighted by Crippen LogP contribution is -2.50. The predicted molar refractivity (Wildman–Crippen MR) is 75.7 cm³/mol. The Bertz CT molecular complexity index is 496. The molecule has 1 heterocycles. The molecule has 1 aromatic rings. The first-order valence-corrected chi connectivity index (χ1v) is 6.85. The monoisotopic (exact) mass is 276 g/mol. The lowest BCUT2D eigenvalue weighted by atomic mass is 9.94. The fraction of sp³-hybridized carbons (Fsp3) is 0.467. The van der Waals surface area contributed by atoms with Crippen LogP contribution in [0.15, 0.2) is 24.3 Å². The highest BCUT2D eigenvalue weighted by molar-refractivity contribution is 5.96. The second kappa shape index (κ2) is 6.52. The van der Waals surface area contributed by atoms with Crippen molar-refractivity contribution in [3.63, 3.8) is 0 Å². The van der Waals surface area contributed by atoms with Crippen LogP contribution in [-0.4, -0.2) is 48.6 Å². The predicted octanol–water partition coefficient (Wildman–Crippen LogP) is 0.995. The Balaban J connectivity index is 1.98. The van der Waals surface area contributed by atoms with E-state index in [9.17, 15) is 9.59 Å². The van der Waals surface area contributed by atoms with Crippen LogP contribution in [0, 0.1) is 5.92 Å². The van der Waals surface area contributed by atoms with Gasteiger partial charge in [-0.25, -0.2) is 0 Å². The SMILES string of the molecule is CNCCc1ccccc1C(=O)N1CC(CC(=O)O)C1. The molecule has 0 aliphatic carbocycles. The summed E-state index contributed by atoms with van der Waals surface area (Å²) in [5.41, 5.74) is 1.77. The maximum Gasteiger partial charge on any atom is 0.303 e. The van der Waals surface area contributed by atoms with Gasteiger partial charge in [0.2, 0.25) is 0 Å². The van der Waals surface area contributed by atoms with Gasteiger partial charge >= 0.3 is 5.97 Å². The van der Waals surface area contributed by atoms with E-state index in [0.717, 1.165) is 24.1 Å². The average Bonchev–Trinajstić information content (AvgIpc) is 2.39. The number of carboxylic acids is 1. The van der Waals surface area contributed by atoms with E-state index in [1.54, 1.807) is 4.90 Å². The number of carbonyl (C=O) groups is 2. The third kappa shape index (κ3) is 3.36. The number of hydrogen-bond acceptors (Lipinski definition) is 3. The Morgan fingerprint density at radius 2 is 2.05 bits per heavy atom. The summed E-state index contributed by atoms with van der Waals surface area (Å²) in [6.07, 6.45) is 0.954. The second-order valence-electron chi connectivity index (χ2n) is 5.18. The fourth-order valence-electron chi connectivity index (χ4n) is 2.49. The van der Waals surface area contributed by atoms with Gasteiger partial charge in [0, 0.05) is 24.6 Å². The van der Waals surface area contributed by atoms with Crippen LogP contribution >= 0.6 is 0 Å². The van der Waals surface area contributed by atoms with E-state index in [4.69, 9.17) is 5.11 Å². The summed E-state index contributed by atoms with van der Waals surface area (Å²) >= 11 is 0. The zero-order chi connectivity index (χ0) is 14.5. The van der Waals surface area contributed by atoms with Gasteiger partial charge in [-0.1, -0.05) is 18.2 Å². The number of benzene rings is 1. The number of hydrogen-bond donors (Lipinski definition) is 2. The zero-order valence-electron chi connectivity index (χ0n) is 11.6. The van der Waals surface area contributed by atoms with Gasteiger partial charge in [-0.15, -0.1) is 0 Å². The van der Waals surface area contributed by atoms with Crippen LogP contribution in [0.3, 0.4) is 0 Å². The standard InChI is InChI=1S/C15H20N2O3/c1-16-7-6-12-4-2-3-5-13(12)15(20)17-9-11(10-17)8-14(18)19/h2-5,11,16H,6-10H2,1H3,(H,18,19). The molecule has 0 bridgehead atoms. The normalized spacial score (nSPS) is 14.9. The molecule has 0 spiro atoms. The lowest BCUT2D eigenvalue weighted by molar-refractivity contribution is -0.139. The number of aliphatic carboxylic acids is 1. The van der Waals surface area contributed by atoms with Crippen molar-refractivity contribution < 1.29 is 14.7 Å². The van der Waals surface area contributed by atoms with Crippen molar-refractivity contribution >= 4 is 11.9 Å². The third-order valence-electron chi connectivity index (χ3n) is 3.60. The van der Waals surface area contributed by atoms with E-state index in [2.05, 4.69) is 5.32 Å². The molecule has 2 N–H and O–H groups in total. The van der Waals surface area contributed by atoms with Crippen molar-refractivity contribution in [2.75, 3.05) is 26.7 Å². The molecule has 108 valence electrons. The van der Waals surface area contributed by atoms with E-state index in [-0.39, 0.29) is 18.2 Å². The van der Waals surface area contributed by atoms with Crippen molar-refractivity contribution in [3.8, 4) is 0 Å². The molecule has 5 heteroatoms. The van der Waals surface area contributed by atoms with Crippen molar-refractivity contribution in [2.24, 2.45) is 5.92 Å². The van der Waals surface area contributed by atoms with E-state index in [1.807, 2.05) is 31.3 Å². The first-order valence-electron chi connectivity index (χ1n) is 6.85. The van der Waals surface area contributed by atoms with Crippen LogP contribution in [-0.2, 0) is 11.2 Å². The molecule has 0 radical (unpaired) electrons. The Morgan fingerprint density at radius 1 is 1.35 bits per heavy atom. The van der Waals surface area contributed by atoms with Crippen molar-refractivity contribution in [3.05, 3.63) is 35.4 Å². The highest BCUT2D eigenvalue weighted by atomic mass is 16.4. The summed E-state index contributed by atoms with van der Waals surface area (Å²) in [6.45, 7) is 1.92. The number of rotatable bonds is 6. The van der Waals surface area contributed by atoms with Gasteiger partial charge in [-0.05, 0) is 31.6 Å². The summed E-state index contributed by atoms with van der Waals surface area (Å²) < 4.78 is 0. The smallest absolute Gasteiger partial charge is 0.303 e. The molecular formula is C15H20N2O3. The summed E-state index contributed by atoms with van der Waals surface area (Å²) in [6, 6.07) is 7.62. The molecule has 0 saturated carbocycles. The minimum Gasteiger partial charge on any atom is -0.481 e. The molecule has 1 fully saturated rings. The van der Waals surface area contributed by atoms with Crippen LogP contribution in [0.25, 0.3) is 0 Å². The molecule has 0 unspecified atom stereocenters. The van der Waals surface area contributed by atoms with E-state index >= 15 is 0 Å². The molecule has 5 nitrogen and oxygen atoms in total. The summed E-state index contributed by atoms with van der Waals surface area (Å²) in [5.74, 6) is -0.684. The number of likely N-dealkylation sites (tertiary alicyclic amines) is 1. The summed E-state index contributed by atoms with van der Waals surface area (Å²) in [4.78, 5) is 24.7. The summed E-state index contributed by atoms with van der Waals surface area (Å²) in [7, 11) is 1.89. The topological polar surface area (TPSA) is 69.6 Å². The number of carbonyl (C=O) groups excluding carboxylic acids is 1. The largest absolute Gasteiger partial charge is 0.481 e. The van der Waals surface area contributed by atoms with Crippen LogP contribution < -0.4 is 5.32 Å². The Kier molecular flexibility index (Phi) is 4.74. The van der Waals surface area contributed by atoms with Crippen molar-refractivity contribution in [1.82, 2.24) is 10.2 Å². The molecular weight excluding hydrogens is 256 g/mol. The van der Waals surface area contributed by atoms with Gasteiger partial charge in [0.15, 0.2) is 0 Å². The molecule has 1 aromatic carbocycles. The number of nitrogens with zero attached hydrogens (tertiary/aromatic N) is 1. The Hall–Kier alpha value is -1.88. The van der Waals surface area contributed by atoms with Gasteiger partial charge < -0.3 is 15.3 Å². The molecule has 1 amide bonds. The van der Waals surface area contributed by atoms with Gasteiger partial charge in [0.25, 0.3) is 5.91 Å². The lowest BCUT2D eigenvalue weighted by Gasteiger charge is -2.39. The number of likely N-dealkylation sites (N-methyl/N-ethyl adjacent to an activating group) is 1. The summed E-state index contributed by atoms with van der Waals surface area (Å²) in [5, 5.41) is 11.8. The molecule has 2 rings (SSSR count). The first-order chi connectivity index (χ1) is 9.61. The number of carboxylic acid groups (broad SMARTS) is 1. The zero-order valence-corrected chi connectivity index (χ0v) is 11.6. The number of amides is 1. The highest BCUT2D eigenvalue weighted by Crippen LogP contribution is 2.23. The van der Waals surface area contributed by atoms with Gasteiger partial charge in [0.05, 0.1) is 6.42 Å². The van der Waals surface area contributed by atoms with Crippen LogP contribution in [0.5, 0.6) is 0 Å². The number of nitrogens with one attached hydrogen (secondary N) is 1. The van der Waals surface area contributed by atoms with E-state index in [0.29, 0.717) is 13.1 Å². The molecule has 1 saturated heterocycles. The maximum absolute atomic E-state index is 12.4. The van der Waals surface area contributed by atoms with Crippen molar-refractivity contribution in [1.29, 1.82) is 0 Å². The fourth-order valence-corrected chi connectivity index (χ4v) is 2.49. The highest BCUT2D eigenvalue weighted by Gasteiger charge is 2.33. The Morgan fingerprint density at radius 3 is 2.70 bits per heavy atom. The molecule has 0 aromatic heterocycles. The van der Waals surface area contributed by atoms with Gasteiger partial charge in [0.1, 0.15) is 0 Å². The van der Waals surface area contributed by atoms with Gasteiger partial charge in [-0.3, -0.25) is 9.59 Å². The molecule has 20 heavy (non-hydrogen) atoms. The maximum atomic E-state index is 12.4. The minimum absolute atomic E-state index is 0.0124. The van der Waals surface area contributed by atoms with Crippen LogP contribution in [0.2, 0.25) is 0 Å². The quantitative estimate of drug-likeness (QED) is 0.813. The molecule has 0 atom stereocenters. The third-order valence-corrected chi connectivity index (χ3v) is 3.60.